The standard InChI is InChI=1S/C12H13N3OS/c1-13-6-11-14-15-12(16-11)9-7-17-10-5-3-2-4-8(9)10/h2-5,9,13H,6-7H2,1H3. The number of nitrogens with zero attached hydrogens (tertiary/aromatic N) is 2. The van der Waals surface area contributed by atoms with E-state index in [1.807, 2.05) is 18.8 Å². The Morgan fingerprint density at radius 1 is 1.41 bits per heavy atom. The number of hydrogen-bond acceptors (Lipinski definition) is 5. The summed E-state index contributed by atoms with van der Waals surface area (Å²) in [7, 11) is 1.87. The number of benzene rings is 1. The van der Waals surface area contributed by atoms with E-state index in [0.717, 1.165) is 11.6 Å². The van der Waals surface area contributed by atoms with Crippen LogP contribution in [0.25, 0.3) is 0 Å². The fourth-order valence-corrected chi connectivity index (χ4v) is 3.22. The van der Waals surface area contributed by atoms with Crippen LogP contribution in [0.1, 0.15) is 23.3 Å². The molecule has 17 heavy (non-hydrogen) atoms. The van der Waals surface area contributed by atoms with E-state index in [9.17, 15) is 0 Å². The highest BCUT2D eigenvalue weighted by Crippen LogP contribution is 2.42. The third kappa shape index (κ3) is 1.96. The first kappa shape index (κ1) is 10.8. The second-order valence-corrected chi connectivity index (χ2v) is 5.03. The SMILES string of the molecule is CNCc1nnc(C2CSc3ccccc32)o1. The fraction of sp³-hybridized carbons (Fsp3) is 0.333. The Labute approximate surface area is 104 Å². The second-order valence-electron chi connectivity index (χ2n) is 3.97. The van der Waals surface area contributed by atoms with E-state index < -0.39 is 0 Å². The van der Waals surface area contributed by atoms with Gasteiger partial charge in [0.2, 0.25) is 11.8 Å². The number of nitrogens with one attached hydrogen (secondary N) is 1. The van der Waals surface area contributed by atoms with Crippen molar-refractivity contribution in [1.82, 2.24) is 15.5 Å². The number of hydrogen-bond donors (Lipinski definition) is 1. The molecule has 0 fully saturated rings. The van der Waals surface area contributed by atoms with Gasteiger partial charge >= 0.3 is 0 Å². The minimum atomic E-state index is 0.245. The predicted octanol–water partition coefficient (Wildman–Crippen LogP) is 2.03. The highest BCUT2D eigenvalue weighted by molar-refractivity contribution is 7.99. The van der Waals surface area contributed by atoms with E-state index >= 15 is 0 Å². The van der Waals surface area contributed by atoms with E-state index in [1.165, 1.54) is 10.5 Å². The number of thioether (sulfide) groups is 1. The Bertz CT molecular complexity index is 526. The molecule has 1 atom stereocenters. The van der Waals surface area contributed by atoms with Gasteiger partial charge in [-0.3, -0.25) is 0 Å². The van der Waals surface area contributed by atoms with Crippen LogP contribution in [0.5, 0.6) is 0 Å². The summed E-state index contributed by atoms with van der Waals surface area (Å²) >= 11 is 1.85. The van der Waals surface area contributed by atoms with Gasteiger partial charge in [0.1, 0.15) is 0 Å². The molecule has 1 aromatic carbocycles. The van der Waals surface area contributed by atoms with Gasteiger partial charge < -0.3 is 9.73 Å². The maximum absolute atomic E-state index is 5.67. The normalized spacial score (nSPS) is 18.3. The third-order valence-corrected chi connectivity index (χ3v) is 3.99. The van der Waals surface area contributed by atoms with Crippen molar-refractivity contribution in [2.45, 2.75) is 17.4 Å². The zero-order valence-corrected chi connectivity index (χ0v) is 10.3. The lowest BCUT2D eigenvalue weighted by Gasteiger charge is -2.04. The van der Waals surface area contributed by atoms with E-state index in [0.29, 0.717) is 12.4 Å². The molecule has 88 valence electrons. The van der Waals surface area contributed by atoms with Gasteiger partial charge in [-0.25, -0.2) is 0 Å². The average Bonchev–Trinajstić information content (AvgIpc) is 2.95. The number of rotatable bonds is 3. The molecule has 0 aliphatic carbocycles. The molecule has 1 aliphatic heterocycles. The van der Waals surface area contributed by atoms with Gasteiger partial charge in [-0.05, 0) is 18.7 Å². The maximum Gasteiger partial charge on any atom is 0.230 e. The fourth-order valence-electron chi connectivity index (χ4n) is 2.00. The lowest BCUT2D eigenvalue weighted by Crippen LogP contribution is -2.05. The van der Waals surface area contributed by atoms with Crippen molar-refractivity contribution in [3.05, 3.63) is 41.6 Å². The Morgan fingerprint density at radius 3 is 3.18 bits per heavy atom. The van der Waals surface area contributed by atoms with Crippen LogP contribution in [-0.4, -0.2) is 23.0 Å². The summed E-state index contributed by atoms with van der Waals surface area (Å²) < 4.78 is 5.67. The molecule has 0 saturated heterocycles. The molecule has 0 saturated carbocycles. The van der Waals surface area contributed by atoms with Crippen LogP contribution in [0.4, 0.5) is 0 Å². The van der Waals surface area contributed by atoms with Crippen LogP contribution in [0, 0.1) is 0 Å². The molecule has 1 N–H and O–H groups in total. The summed E-state index contributed by atoms with van der Waals surface area (Å²) in [6, 6.07) is 8.41. The number of aromatic nitrogens is 2. The van der Waals surface area contributed by atoms with Crippen molar-refractivity contribution in [3.8, 4) is 0 Å². The van der Waals surface area contributed by atoms with Gasteiger partial charge in [0.05, 0.1) is 12.5 Å². The second kappa shape index (κ2) is 4.50. The van der Waals surface area contributed by atoms with Gasteiger partial charge in [0.15, 0.2) is 0 Å². The molecule has 2 aromatic rings. The van der Waals surface area contributed by atoms with Crippen LogP contribution < -0.4 is 5.32 Å². The van der Waals surface area contributed by atoms with Crippen molar-refractivity contribution < 1.29 is 4.42 Å². The van der Waals surface area contributed by atoms with Gasteiger partial charge in [0.25, 0.3) is 0 Å². The molecule has 0 spiro atoms. The van der Waals surface area contributed by atoms with Crippen molar-refractivity contribution in [2.24, 2.45) is 0 Å². The van der Waals surface area contributed by atoms with Crippen molar-refractivity contribution in [1.29, 1.82) is 0 Å². The van der Waals surface area contributed by atoms with Crippen molar-refractivity contribution >= 4 is 11.8 Å². The topological polar surface area (TPSA) is 51.0 Å². The van der Waals surface area contributed by atoms with Crippen molar-refractivity contribution in [2.75, 3.05) is 12.8 Å². The van der Waals surface area contributed by atoms with E-state index in [2.05, 4.69) is 39.8 Å². The molecule has 1 unspecified atom stereocenters. The molecule has 0 radical (unpaired) electrons. The molecule has 5 heteroatoms. The van der Waals surface area contributed by atoms with Crippen LogP contribution >= 0.6 is 11.8 Å². The van der Waals surface area contributed by atoms with Gasteiger partial charge in [-0.15, -0.1) is 22.0 Å². The Hall–Kier alpha value is -1.33. The average molecular weight is 247 g/mol. The quantitative estimate of drug-likeness (QED) is 0.899. The molecule has 0 amide bonds. The molecule has 0 bridgehead atoms. The molecule has 3 rings (SSSR count). The molecular weight excluding hydrogens is 234 g/mol. The highest BCUT2D eigenvalue weighted by Gasteiger charge is 2.28. The Balaban J connectivity index is 1.90. The van der Waals surface area contributed by atoms with E-state index in [4.69, 9.17) is 4.42 Å². The number of fused-ring (bicyclic) bond motifs is 1. The maximum atomic E-state index is 5.67. The summed E-state index contributed by atoms with van der Waals surface area (Å²) in [5.74, 6) is 2.61. The lowest BCUT2D eigenvalue weighted by atomic mass is 10.0. The zero-order valence-electron chi connectivity index (χ0n) is 9.51. The van der Waals surface area contributed by atoms with Gasteiger partial charge in [-0.2, -0.15) is 0 Å². The third-order valence-electron chi connectivity index (χ3n) is 2.81. The van der Waals surface area contributed by atoms with Crippen LogP contribution in [0.2, 0.25) is 0 Å². The first-order chi connectivity index (χ1) is 8.38. The van der Waals surface area contributed by atoms with Crippen molar-refractivity contribution in [3.63, 3.8) is 0 Å². The van der Waals surface area contributed by atoms with Gasteiger partial charge in [-0.1, -0.05) is 18.2 Å². The van der Waals surface area contributed by atoms with Crippen LogP contribution in [-0.2, 0) is 6.54 Å². The lowest BCUT2D eigenvalue weighted by molar-refractivity contribution is 0.431. The highest BCUT2D eigenvalue weighted by atomic mass is 32.2. The van der Waals surface area contributed by atoms with Crippen LogP contribution in [0.15, 0.2) is 33.6 Å². The molecule has 1 aromatic heterocycles. The minimum absolute atomic E-state index is 0.245. The Kier molecular flexibility index (Phi) is 2.86. The summed E-state index contributed by atoms with van der Waals surface area (Å²) in [5.41, 5.74) is 1.30. The molecular formula is C12H13N3OS. The monoisotopic (exact) mass is 247 g/mol. The zero-order chi connectivity index (χ0) is 11.7. The van der Waals surface area contributed by atoms with E-state index in [-0.39, 0.29) is 5.92 Å². The molecule has 2 heterocycles. The van der Waals surface area contributed by atoms with E-state index in [1.54, 1.807) is 0 Å². The Morgan fingerprint density at radius 2 is 2.29 bits per heavy atom. The first-order valence-corrected chi connectivity index (χ1v) is 6.55. The summed E-state index contributed by atoms with van der Waals surface area (Å²) in [6.45, 7) is 0.620. The van der Waals surface area contributed by atoms with Crippen LogP contribution in [0.3, 0.4) is 0 Å². The van der Waals surface area contributed by atoms with Gasteiger partial charge in [0, 0.05) is 10.6 Å². The summed E-state index contributed by atoms with van der Waals surface area (Å²) in [4.78, 5) is 1.32. The minimum Gasteiger partial charge on any atom is -0.423 e. The molecule has 4 nitrogen and oxygen atoms in total. The summed E-state index contributed by atoms with van der Waals surface area (Å²) in [6.07, 6.45) is 0. The smallest absolute Gasteiger partial charge is 0.230 e. The first-order valence-electron chi connectivity index (χ1n) is 5.57. The molecule has 1 aliphatic rings. The summed E-state index contributed by atoms with van der Waals surface area (Å²) in [5, 5.41) is 11.2. The largest absolute Gasteiger partial charge is 0.423 e. The predicted molar refractivity (Wildman–Crippen MR) is 66.1 cm³/mol.